The molecule has 6 nitrogen and oxygen atoms in total. The monoisotopic (exact) mass is 434 g/mol. The number of nitrogens with zero attached hydrogens (tertiary/aromatic N) is 3. The van der Waals surface area contributed by atoms with E-state index in [0.29, 0.717) is 11.1 Å². The number of rotatable bonds is 6. The van der Waals surface area contributed by atoms with E-state index >= 15 is 0 Å². The van der Waals surface area contributed by atoms with Crippen molar-refractivity contribution in [1.82, 2.24) is 14.8 Å². The van der Waals surface area contributed by atoms with Gasteiger partial charge in [0.15, 0.2) is 0 Å². The van der Waals surface area contributed by atoms with Crippen LogP contribution >= 0.6 is 11.8 Å². The van der Waals surface area contributed by atoms with Crippen LogP contribution in [0.25, 0.3) is 21.8 Å². The number of hydrogen-bond donors (Lipinski definition) is 1. The van der Waals surface area contributed by atoms with Crippen molar-refractivity contribution in [3.05, 3.63) is 48.4 Å². The Balaban J connectivity index is 1.26. The fraction of sp³-hybridized carbons (Fsp3) is 0.375. The number of fused-ring (bicyclic) bond motifs is 3. The van der Waals surface area contributed by atoms with Crippen molar-refractivity contribution in [2.75, 3.05) is 11.1 Å². The smallest absolute Gasteiger partial charge is 0.277 e. The molecule has 0 saturated heterocycles. The van der Waals surface area contributed by atoms with Gasteiger partial charge in [-0.1, -0.05) is 49.2 Å². The van der Waals surface area contributed by atoms with Crippen LogP contribution in [0, 0.1) is 0 Å². The molecule has 1 saturated carbocycles. The van der Waals surface area contributed by atoms with E-state index in [-0.39, 0.29) is 11.7 Å². The molecule has 2 heterocycles. The van der Waals surface area contributed by atoms with Crippen LogP contribution in [0.3, 0.4) is 0 Å². The highest BCUT2D eigenvalue weighted by molar-refractivity contribution is 7.99. The molecule has 1 aliphatic carbocycles. The van der Waals surface area contributed by atoms with Crippen molar-refractivity contribution in [2.45, 2.75) is 56.7 Å². The topological polar surface area (TPSA) is 73.0 Å². The maximum absolute atomic E-state index is 12.5. The molecule has 0 aliphatic heterocycles. The fourth-order valence-corrected chi connectivity index (χ4v) is 5.16. The largest absolute Gasteiger partial charge is 0.416 e. The third kappa shape index (κ3) is 4.06. The Kier molecular flexibility index (Phi) is 5.68. The van der Waals surface area contributed by atoms with Crippen LogP contribution < -0.4 is 5.32 Å². The number of hydrogen-bond acceptors (Lipinski definition) is 5. The summed E-state index contributed by atoms with van der Waals surface area (Å²) < 4.78 is 8.10. The molecule has 7 heteroatoms. The number of thioether (sulfide) groups is 1. The summed E-state index contributed by atoms with van der Waals surface area (Å²) >= 11 is 1.29. The fourth-order valence-electron chi connectivity index (χ4n) is 4.59. The number of anilines is 1. The summed E-state index contributed by atoms with van der Waals surface area (Å²) in [7, 11) is 0. The molecule has 0 radical (unpaired) electrons. The lowest BCUT2D eigenvalue weighted by molar-refractivity contribution is -0.113. The second kappa shape index (κ2) is 8.75. The molecular weight excluding hydrogens is 408 g/mol. The van der Waals surface area contributed by atoms with Gasteiger partial charge in [0, 0.05) is 40.0 Å². The first-order valence-corrected chi connectivity index (χ1v) is 12.0. The normalized spacial score (nSPS) is 15.0. The van der Waals surface area contributed by atoms with Crippen molar-refractivity contribution < 1.29 is 9.21 Å². The molecule has 0 unspecified atom stereocenters. The van der Waals surface area contributed by atoms with Crippen molar-refractivity contribution in [1.29, 1.82) is 0 Å². The zero-order chi connectivity index (χ0) is 21.2. The summed E-state index contributed by atoms with van der Waals surface area (Å²) in [4.78, 5) is 12.5. The van der Waals surface area contributed by atoms with E-state index in [1.807, 2.05) is 6.07 Å². The molecule has 0 spiro atoms. The predicted octanol–water partition coefficient (Wildman–Crippen LogP) is 5.98. The molecule has 1 N–H and O–H groups in total. The van der Waals surface area contributed by atoms with E-state index in [0.717, 1.165) is 36.4 Å². The number of aryl methyl sites for hydroxylation is 1. The first-order valence-electron chi connectivity index (χ1n) is 11.0. The summed E-state index contributed by atoms with van der Waals surface area (Å²) in [6.45, 7) is 3.05. The number of carbonyl (C=O) groups is 1. The van der Waals surface area contributed by atoms with Crippen molar-refractivity contribution in [3.8, 4) is 0 Å². The van der Waals surface area contributed by atoms with Crippen molar-refractivity contribution >= 4 is 45.2 Å². The molecule has 5 rings (SSSR count). The number of nitrogens with one attached hydrogen (secondary N) is 1. The third-order valence-electron chi connectivity index (χ3n) is 6.08. The standard InChI is InChI=1S/C24H26N4O2S/c1-2-28-20-11-7-6-10-18(20)19-14-17(12-13-21(19)28)25-22(29)15-31-24-27-26-23(30-24)16-8-4-3-5-9-16/h6-7,10-14,16H,2-5,8-9,15H2,1H3,(H,25,29). The zero-order valence-electron chi connectivity index (χ0n) is 17.6. The maximum atomic E-state index is 12.5. The Bertz CT molecular complexity index is 1220. The molecule has 1 amide bonds. The first kappa shape index (κ1) is 20.1. The third-order valence-corrected chi connectivity index (χ3v) is 6.89. The highest BCUT2D eigenvalue weighted by Gasteiger charge is 2.21. The molecular formula is C24H26N4O2S. The van der Waals surface area contributed by atoms with Crippen LogP contribution in [-0.2, 0) is 11.3 Å². The molecule has 1 fully saturated rings. The van der Waals surface area contributed by atoms with E-state index in [1.54, 1.807) is 0 Å². The summed E-state index contributed by atoms with van der Waals surface area (Å²) in [5, 5.41) is 14.2. The second-order valence-corrected chi connectivity index (χ2v) is 9.00. The summed E-state index contributed by atoms with van der Waals surface area (Å²) in [5.41, 5.74) is 3.19. The highest BCUT2D eigenvalue weighted by atomic mass is 32.2. The van der Waals surface area contributed by atoms with Gasteiger partial charge >= 0.3 is 0 Å². The Morgan fingerprint density at radius 3 is 2.74 bits per heavy atom. The lowest BCUT2D eigenvalue weighted by Gasteiger charge is -2.17. The first-order chi connectivity index (χ1) is 15.2. The summed E-state index contributed by atoms with van der Waals surface area (Å²) in [6.07, 6.45) is 5.96. The van der Waals surface area contributed by atoms with E-state index in [1.165, 1.54) is 47.4 Å². The number of benzene rings is 2. The van der Waals surface area contributed by atoms with Crippen molar-refractivity contribution in [3.63, 3.8) is 0 Å². The van der Waals surface area contributed by atoms with Crippen LogP contribution in [-0.4, -0.2) is 26.4 Å². The Hall–Kier alpha value is -2.80. The Labute approximate surface area is 185 Å². The minimum absolute atomic E-state index is 0.0824. The molecule has 2 aromatic carbocycles. The minimum atomic E-state index is -0.0824. The molecule has 4 aromatic rings. The Morgan fingerprint density at radius 1 is 1.10 bits per heavy atom. The molecule has 1 aliphatic rings. The molecule has 31 heavy (non-hydrogen) atoms. The molecule has 0 bridgehead atoms. The Morgan fingerprint density at radius 2 is 1.90 bits per heavy atom. The van der Waals surface area contributed by atoms with Gasteiger partial charge in [0.25, 0.3) is 5.22 Å². The summed E-state index contributed by atoms with van der Waals surface area (Å²) in [5.74, 6) is 1.25. The highest BCUT2D eigenvalue weighted by Crippen LogP contribution is 2.33. The quantitative estimate of drug-likeness (QED) is 0.378. The molecule has 0 atom stereocenters. The van der Waals surface area contributed by atoms with Gasteiger partial charge in [-0.3, -0.25) is 4.79 Å². The predicted molar refractivity (Wildman–Crippen MR) is 125 cm³/mol. The van der Waals surface area contributed by atoms with Gasteiger partial charge in [-0.2, -0.15) is 0 Å². The van der Waals surface area contributed by atoms with Gasteiger partial charge in [0.05, 0.1) is 5.75 Å². The maximum Gasteiger partial charge on any atom is 0.277 e. The van der Waals surface area contributed by atoms with E-state index in [9.17, 15) is 4.79 Å². The van der Waals surface area contributed by atoms with Gasteiger partial charge in [0.2, 0.25) is 11.8 Å². The van der Waals surface area contributed by atoms with Crippen LogP contribution in [0.5, 0.6) is 0 Å². The second-order valence-electron chi connectivity index (χ2n) is 8.07. The van der Waals surface area contributed by atoms with Gasteiger partial charge in [0.1, 0.15) is 0 Å². The van der Waals surface area contributed by atoms with Gasteiger partial charge < -0.3 is 14.3 Å². The number of para-hydroxylation sites is 1. The van der Waals surface area contributed by atoms with Crippen LogP contribution in [0.4, 0.5) is 5.69 Å². The summed E-state index contributed by atoms with van der Waals surface area (Å²) in [6, 6.07) is 14.5. The number of carbonyl (C=O) groups excluding carboxylic acids is 1. The van der Waals surface area contributed by atoms with Gasteiger partial charge in [-0.05, 0) is 44.0 Å². The van der Waals surface area contributed by atoms with Gasteiger partial charge in [-0.15, -0.1) is 10.2 Å². The van der Waals surface area contributed by atoms with E-state index < -0.39 is 0 Å². The minimum Gasteiger partial charge on any atom is -0.416 e. The lowest BCUT2D eigenvalue weighted by Crippen LogP contribution is -2.13. The van der Waals surface area contributed by atoms with Crippen molar-refractivity contribution in [2.24, 2.45) is 0 Å². The van der Waals surface area contributed by atoms with E-state index in [2.05, 4.69) is 63.4 Å². The van der Waals surface area contributed by atoms with E-state index in [4.69, 9.17) is 4.42 Å². The molecule has 2 aromatic heterocycles. The van der Waals surface area contributed by atoms with Crippen LogP contribution in [0.2, 0.25) is 0 Å². The molecule has 160 valence electrons. The van der Waals surface area contributed by atoms with Crippen LogP contribution in [0.15, 0.2) is 52.1 Å². The zero-order valence-corrected chi connectivity index (χ0v) is 18.5. The number of aromatic nitrogens is 3. The average molecular weight is 435 g/mol. The van der Waals surface area contributed by atoms with Gasteiger partial charge in [-0.25, -0.2) is 0 Å². The average Bonchev–Trinajstić information content (AvgIpc) is 3.41. The lowest BCUT2D eigenvalue weighted by atomic mass is 9.89. The SMILES string of the molecule is CCn1c2ccccc2c2cc(NC(=O)CSc3nnc(C4CCCCC4)o3)ccc21. The number of amides is 1. The van der Waals surface area contributed by atoms with Crippen LogP contribution in [0.1, 0.15) is 50.8 Å².